The molecular weight excluding hydrogens is 300 g/mol. The molecule has 0 spiro atoms. The summed E-state index contributed by atoms with van der Waals surface area (Å²) in [6.45, 7) is 0.273. The van der Waals surface area contributed by atoms with Crippen LogP contribution in [0.4, 0.5) is 0 Å². The largest absolute Gasteiger partial charge is 0.457 e. The SMILES string of the molecule is O=C1OCC(=C2\CCC(=O)c3ccccc32)/C1=C\c1ccccc1. The van der Waals surface area contributed by atoms with Crippen LogP contribution in [-0.4, -0.2) is 18.4 Å². The van der Waals surface area contributed by atoms with E-state index in [1.807, 2.05) is 60.7 Å². The Labute approximate surface area is 140 Å². The Morgan fingerprint density at radius 3 is 2.29 bits per heavy atom. The zero-order valence-electron chi connectivity index (χ0n) is 13.1. The normalized spacial score (nSPS) is 21.8. The first kappa shape index (κ1) is 14.6. The summed E-state index contributed by atoms with van der Waals surface area (Å²) in [4.78, 5) is 24.4. The molecule has 118 valence electrons. The van der Waals surface area contributed by atoms with Crippen LogP contribution in [0.5, 0.6) is 0 Å². The molecule has 24 heavy (non-hydrogen) atoms. The number of carbonyl (C=O) groups is 2. The molecular formula is C21H16O3. The van der Waals surface area contributed by atoms with Gasteiger partial charge in [0.1, 0.15) is 6.61 Å². The maximum absolute atomic E-state index is 12.2. The smallest absolute Gasteiger partial charge is 0.338 e. The van der Waals surface area contributed by atoms with Crippen LogP contribution >= 0.6 is 0 Å². The van der Waals surface area contributed by atoms with Gasteiger partial charge in [-0.15, -0.1) is 0 Å². The predicted octanol–water partition coefficient (Wildman–Crippen LogP) is 4.06. The number of benzene rings is 2. The molecule has 0 amide bonds. The van der Waals surface area contributed by atoms with Gasteiger partial charge in [-0.1, -0.05) is 54.6 Å². The van der Waals surface area contributed by atoms with Crippen LogP contribution in [0.2, 0.25) is 0 Å². The zero-order valence-corrected chi connectivity index (χ0v) is 13.1. The fourth-order valence-electron chi connectivity index (χ4n) is 3.34. The molecule has 1 aliphatic heterocycles. The number of rotatable bonds is 1. The second-order valence-electron chi connectivity index (χ2n) is 5.97. The van der Waals surface area contributed by atoms with Gasteiger partial charge in [-0.05, 0) is 29.2 Å². The molecule has 1 aliphatic carbocycles. The van der Waals surface area contributed by atoms with Gasteiger partial charge in [-0.25, -0.2) is 4.79 Å². The minimum Gasteiger partial charge on any atom is -0.457 e. The molecule has 0 radical (unpaired) electrons. The number of allylic oxidation sites excluding steroid dienone is 1. The standard InChI is InChI=1S/C21H16O3/c22-20-11-10-16(15-8-4-5-9-17(15)20)19-13-24-21(23)18(19)12-14-6-2-1-3-7-14/h1-9,12H,10-11,13H2/b18-12+,19-16-. The van der Waals surface area contributed by atoms with Crippen molar-refractivity contribution in [3.05, 3.63) is 82.4 Å². The number of Topliss-reactive ketones (excluding diaryl/α,β-unsaturated/α-hetero) is 1. The number of esters is 1. The Bertz CT molecular complexity index is 888. The molecule has 0 saturated carbocycles. The van der Waals surface area contributed by atoms with E-state index in [0.717, 1.165) is 27.8 Å². The van der Waals surface area contributed by atoms with E-state index < -0.39 is 0 Å². The van der Waals surface area contributed by atoms with Crippen molar-refractivity contribution >= 4 is 23.4 Å². The third-order valence-corrected chi connectivity index (χ3v) is 4.52. The lowest BCUT2D eigenvalue weighted by Gasteiger charge is -2.19. The molecule has 3 heteroatoms. The molecule has 2 aromatic carbocycles. The van der Waals surface area contributed by atoms with Crippen LogP contribution in [-0.2, 0) is 9.53 Å². The summed E-state index contributed by atoms with van der Waals surface area (Å²) in [6.07, 6.45) is 2.99. The number of ketones is 1. The Morgan fingerprint density at radius 1 is 0.792 bits per heavy atom. The van der Waals surface area contributed by atoms with Crippen molar-refractivity contribution in [2.75, 3.05) is 6.61 Å². The quantitative estimate of drug-likeness (QED) is 0.589. The van der Waals surface area contributed by atoms with Gasteiger partial charge in [0.05, 0.1) is 5.57 Å². The van der Waals surface area contributed by atoms with Gasteiger partial charge in [0.2, 0.25) is 0 Å². The lowest BCUT2D eigenvalue weighted by molar-refractivity contribution is -0.134. The maximum atomic E-state index is 12.2. The first-order valence-electron chi connectivity index (χ1n) is 8.03. The van der Waals surface area contributed by atoms with Crippen molar-refractivity contribution in [1.29, 1.82) is 0 Å². The van der Waals surface area contributed by atoms with Gasteiger partial charge in [0.25, 0.3) is 0 Å². The molecule has 1 fully saturated rings. The van der Waals surface area contributed by atoms with Crippen LogP contribution in [0.1, 0.15) is 34.3 Å². The molecule has 0 aromatic heterocycles. The number of hydrogen-bond acceptors (Lipinski definition) is 3. The first-order chi connectivity index (χ1) is 11.7. The number of cyclic esters (lactones) is 1. The molecule has 0 N–H and O–H groups in total. The second-order valence-corrected chi connectivity index (χ2v) is 5.97. The monoisotopic (exact) mass is 316 g/mol. The van der Waals surface area contributed by atoms with E-state index in [9.17, 15) is 9.59 Å². The highest BCUT2D eigenvalue weighted by Crippen LogP contribution is 2.38. The number of fused-ring (bicyclic) bond motifs is 1. The van der Waals surface area contributed by atoms with E-state index in [0.29, 0.717) is 18.4 Å². The van der Waals surface area contributed by atoms with Crippen molar-refractivity contribution in [3.63, 3.8) is 0 Å². The summed E-state index contributed by atoms with van der Waals surface area (Å²) in [5.41, 5.74) is 5.19. The average Bonchev–Trinajstić information content (AvgIpc) is 2.97. The van der Waals surface area contributed by atoms with Gasteiger partial charge in [-0.3, -0.25) is 4.79 Å². The van der Waals surface area contributed by atoms with Crippen LogP contribution in [0.15, 0.2) is 65.7 Å². The summed E-state index contributed by atoms with van der Waals surface area (Å²) in [5, 5.41) is 0. The van der Waals surface area contributed by atoms with Gasteiger partial charge in [0.15, 0.2) is 5.78 Å². The van der Waals surface area contributed by atoms with E-state index in [2.05, 4.69) is 0 Å². The molecule has 3 nitrogen and oxygen atoms in total. The Morgan fingerprint density at radius 2 is 1.50 bits per heavy atom. The summed E-state index contributed by atoms with van der Waals surface area (Å²) in [6, 6.07) is 17.3. The lowest BCUT2D eigenvalue weighted by atomic mass is 9.82. The van der Waals surface area contributed by atoms with Crippen LogP contribution in [0, 0.1) is 0 Å². The molecule has 2 aromatic rings. The van der Waals surface area contributed by atoms with Crippen molar-refractivity contribution in [1.82, 2.24) is 0 Å². The third-order valence-electron chi connectivity index (χ3n) is 4.52. The van der Waals surface area contributed by atoms with Gasteiger partial charge < -0.3 is 4.74 Å². The highest BCUT2D eigenvalue weighted by Gasteiger charge is 2.31. The van der Waals surface area contributed by atoms with Crippen molar-refractivity contribution < 1.29 is 14.3 Å². The van der Waals surface area contributed by atoms with E-state index >= 15 is 0 Å². The number of carbonyl (C=O) groups excluding carboxylic acids is 2. The fraction of sp³-hybridized carbons (Fsp3) is 0.143. The molecule has 1 saturated heterocycles. The molecule has 0 unspecified atom stereocenters. The summed E-state index contributed by atoms with van der Waals surface area (Å²) >= 11 is 0. The van der Waals surface area contributed by atoms with Gasteiger partial charge in [-0.2, -0.15) is 0 Å². The average molecular weight is 316 g/mol. The number of hydrogen-bond donors (Lipinski definition) is 0. The Hall–Kier alpha value is -2.94. The topological polar surface area (TPSA) is 43.4 Å². The second kappa shape index (κ2) is 5.93. The predicted molar refractivity (Wildman–Crippen MR) is 92.3 cm³/mol. The highest BCUT2D eigenvalue weighted by atomic mass is 16.5. The lowest BCUT2D eigenvalue weighted by Crippen LogP contribution is -2.11. The van der Waals surface area contributed by atoms with Crippen LogP contribution in [0.25, 0.3) is 11.6 Å². The third kappa shape index (κ3) is 2.48. The molecule has 1 heterocycles. The minimum absolute atomic E-state index is 0.161. The molecule has 0 atom stereocenters. The molecule has 2 aliphatic rings. The Balaban J connectivity index is 1.87. The van der Waals surface area contributed by atoms with E-state index in [4.69, 9.17) is 4.74 Å². The maximum Gasteiger partial charge on any atom is 0.338 e. The van der Waals surface area contributed by atoms with E-state index in [-0.39, 0.29) is 18.4 Å². The summed E-state index contributed by atoms with van der Waals surface area (Å²) in [7, 11) is 0. The van der Waals surface area contributed by atoms with Crippen LogP contribution in [0.3, 0.4) is 0 Å². The molecule has 4 rings (SSSR count). The van der Waals surface area contributed by atoms with Crippen molar-refractivity contribution in [3.8, 4) is 0 Å². The first-order valence-corrected chi connectivity index (χ1v) is 8.03. The van der Waals surface area contributed by atoms with Crippen LogP contribution < -0.4 is 0 Å². The van der Waals surface area contributed by atoms with Gasteiger partial charge >= 0.3 is 5.97 Å². The Kier molecular flexibility index (Phi) is 3.62. The number of ether oxygens (including phenoxy) is 1. The van der Waals surface area contributed by atoms with Crippen molar-refractivity contribution in [2.45, 2.75) is 12.8 Å². The minimum atomic E-state index is -0.296. The summed E-state index contributed by atoms with van der Waals surface area (Å²) in [5.74, 6) is -0.135. The fourth-order valence-corrected chi connectivity index (χ4v) is 3.34. The summed E-state index contributed by atoms with van der Waals surface area (Å²) < 4.78 is 5.30. The van der Waals surface area contributed by atoms with E-state index in [1.54, 1.807) is 0 Å². The van der Waals surface area contributed by atoms with Gasteiger partial charge in [0, 0.05) is 17.6 Å². The van der Waals surface area contributed by atoms with E-state index in [1.165, 1.54) is 0 Å². The zero-order chi connectivity index (χ0) is 16.5. The van der Waals surface area contributed by atoms with Crippen molar-refractivity contribution in [2.24, 2.45) is 0 Å². The molecule has 0 bridgehead atoms. The highest BCUT2D eigenvalue weighted by molar-refractivity contribution is 6.08.